The van der Waals surface area contributed by atoms with Gasteiger partial charge in [0.15, 0.2) is 0 Å². The predicted octanol–water partition coefficient (Wildman–Crippen LogP) is 5.42. The summed E-state index contributed by atoms with van der Waals surface area (Å²) in [6.45, 7) is 5.27. The average Bonchev–Trinajstić information content (AvgIpc) is 3.40. The van der Waals surface area contributed by atoms with E-state index in [0.29, 0.717) is 21.7 Å². The third-order valence-electron chi connectivity index (χ3n) is 6.41. The fourth-order valence-corrected chi connectivity index (χ4v) is 5.12. The van der Waals surface area contributed by atoms with Crippen molar-refractivity contribution in [1.29, 1.82) is 0 Å². The summed E-state index contributed by atoms with van der Waals surface area (Å²) in [5.74, 6) is -0.596. The number of amides is 2. The first-order chi connectivity index (χ1) is 17.2. The highest BCUT2D eigenvalue weighted by molar-refractivity contribution is 7.78. The molecule has 8 heteroatoms. The van der Waals surface area contributed by atoms with Crippen molar-refractivity contribution in [2.75, 3.05) is 13.1 Å². The Kier molecular flexibility index (Phi) is 8.24. The molecule has 0 spiro atoms. The normalized spacial score (nSPS) is 14.9. The van der Waals surface area contributed by atoms with Gasteiger partial charge in [0.25, 0.3) is 11.8 Å². The topological polar surface area (TPSA) is 89.5 Å². The second-order valence-electron chi connectivity index (χ2n) is 9.16. The number of likely N-dealkylation sites (tertiary alicyclic amines) is 1. The minimum atomic E-state index is -2.28. The Labute approximate surface area is 219 Å². The molecule has 1 aliphatic rings. The van der Waals surface area contributed by atoms with Crippen LogP contribution in [0.4, 0.5) is 0 Å². The van der Waals surface area contributed by atoms with Crippen molar-refractivity contribution in [2.24, 2.45) is 0 Å². The smallest absolute Gasteiger partial charge is 0.253 e. The molecule has 2 atom stereocenters. The van der Waals surface area contributed by atoms with E-state index in [9.17, 15) is 18.4 Å². The number of benzene rings is 3. The van der Waals surface area contributed by atoms with E-state index in [1.165, 1.54) is 0 Å². The third kappa shape index (κ3) is 6.22. The molecule has 0 saturated carbocycles. The minimum Gasteiger partial charge on any atom is -0.772 e. The Hall–Kier alpha value is -3.00. The fraction of sp³-hybridized carbons (Fsp3) is 0.286. The molecule has 6 nitrogen and oxygen atoms in total. The van der Waals surface area contributed by atoms with Crippen LogP contribution in [0.1, 0.15) is 63.2 Å². The van der Waals surface area contributed by atoms with E-state index in [4.69, 9.17) is 11.6 Å². The van der Waals surface area contributed by atoms with Crippen LogP contribution < -0.4 is 5.32 Å². The molecule has 1 fully saturated rings. The first-order valence-corrected chi connectivity index (χ1v) is 13.5. The average molecular weight is 524 g/mol. The van der Waals surface area contributed by atoms with Crippen LogP contribution in [0.2, 0.25) is 5.02 Å². The maximum Gasteiger partial charge on any atom is 0.253 e. The summed E-state index contributed by atoms with van der Waals surface area (Å²) in [5, 5.41) is 3.33. The largest absolute Gasteiger partial charge is 0.772 e. The van der Waals surface area contributed by atoms with Gasteiger partial charge in [0.05, 0.1) is 6.04 Å². The third-order valence-corrected chi connectivity index (χ3v) is 7.33. The molecule has 3 aromatic rings. The molecule has 0 radical (unpaired) electrons. The molecule has 188 valence electrons. The van der Waals surface area contributed by atoms with E-state index in [1.807, 2.05) is 49.1 Å². The van der Waals surface area contributed by atoms with Crippen LogP contribution in [0.15, 0.2) is 60.7 Å². The van der Waals surface area contributed by atoms with Gasteiger partial charge in [0, 0.05) is 35.0 Å². The summed E-state index contributed by atoms with van der Waals surface area (Å²) in [7, 11) is 0. The lowest BCUT2D eigenvalue weighted by atomic mass is 9.97. The molecule has 2 unspecified atom stereocenters. The zero-order valence-electron chi connectivity index (χ0n) is 20.3. The number of hydrogen-bond donors (Lipinski definition) is 1. The lowest BCUT2D eigenvalue weighted by molar-refractivity contribution is 0.0793. The zero-order chi connectivity index (χ0) is 25.8. The summed E-state index contributed by atoms with van der Waals surface area (Å²) in [6, 6.07) is 17.9. The van der Waals surface area contributed by atoms with Crippen LogP contribution in [0.5, 0.6) is 0 Å². The molecule has 1 aliphatic heterocycles. The van der Waals surface area contributed by atoms with Gasteiger partial charge in [-0.2, -0.15) is 0 Å². The number of nitrogens with one attached hydrogen (secondary N) is 1. The number of rotatable bonds is 7. The van der Waals surface area contributed by atoms with Crippen molar-refractivity contribution in [3.05, 3.63) is 93.5 Å². The quantitative estimate of drug-likeness (QED) is 0.419. The first-order valence-electron chi connectivity index (χ1n) is 11.9. The number of aryl methyl sites for hydroxylation is 1. The molecule has 0 aromatic heterocycles. The molecular formula is C28H28ClN2O4S-. The van der Waals surface area contributed by atoms with E-state index >= 15 is 0 Å². The molecule has 1 heterocycles. The van der Waals surface area contributed by atoms with Crippen LogP contribution in [-0.2, 0) is 16.8 Å². The predicted molar refractivity (Wildman–Crippen MR) is 142 cm³/mol. The first kappa shape index (κ1) is 26.1. The van der Waals surface area contributed by atoms with Gasteiger partial charge in [0.1, 0.15) is 0 Å². The summed E-state index contributed by atoms with van der Waals surface area (Å²) < 4.78 is 22.3. The number of halogens is 1. The van der Waals surface area contributed by atoms with E-state index in [1.54, 1.807) is 30.3 Å². The Morgan fingerprint density at radius 1 is 1.00 bits per heavy atom. The molecule has 1 saturated heterocycles. The van der Waals surface area contributed by atoms with Crippen molar-refractivity contribution < 1.29 is 18.4 Å². The van der Waals surface area contributed by atoms with Gasteiger partial charge in [0.2, 0.25) is 0 Å². The lowest BCUT2D eigenvalue weighted by Crippen LogP contribution is -2.29. The number of carbonyl (C=O) groups excluding carboxylic acids is 2. The van der Waals surface area contributed by atoms with E-state index < -0.39 is 17.1 Å². The zero-order valence-corrected chi connectivity index (χ0v) is 21.8. The van der Waals surface area contributed by atoms with Crippen molar-refractivity contribution in [3.63, 3.8) is 0 Å². The molecule has 0 bridgehead atoms. The van der Waals surface area contributed by atoms with Gasteiger partial charge in [-0.3, -0.25) is 13.8 Å². The summed E-state index contributed by atoms with van der Waals surface area (Å²) in [6.07, 6.45) is 1.97. The Morgan fingerprint density at radius 3 is 2.33 bits per heavy atom. The second kappa shape index (κ2) is 11.4. The van der Waals surface area contributed by atoms with E-state index in [-0.39, 0.29) is 17.6 Å². The Balaban J connectivity index is 1.64. The maximum atomic E-state index is 13.3. The highest BCUT2D eigenvalue weighted by atomic mass is 35.5. The van der Waals surface area contributed by atoms with Crippen molar-refractivity contribution >= 4 is 34.5 Å². The maximum absolute atomic E-state index is 13.3. The van der Waals surface area contributed by atoms with Crippen molar-refractivity contribution in [1.82, 2.24) is 10.2 Å². The van der Waals surface area contributed by atoms with Crippen LogP contribution >= 0.6 is 11.6 Å². The number of carbonyl (C=O) groups is 2. The SMILES string of the molecule is Cc1ccc(-c2cc(C(=O)NC(C)c3ccc(Cl)c(CS(=O)[O-])c3)cc(C(=O)N3CCCC3)c2)cc1. The molecule has 1 N–H and O–H groups in total. The molecule has 0 aliphatic carbocycles. The van der Waals surface area contributed by atoms with Gasteiger partial charge in [-0.05, 0) is 73.2 Å². The standard InChI is InChI=1S/C28H29ClN2O4S/c1-18-5-7-20(8-6-18)22-14-23(16-24(15-22)28(33)31-11-3-4-12-31)27(32)30-19(2)21-9-10-26(29)25(13-21)17-36(34)35/h5-10,13-16,19H,3-4,11-12,17H2,1-2H3,(H,30,32)(H,34,35)/p-1. The fourth-order valence-electron chi connectivity index (χ4n) is 4.36. The van der Waals surface area contributed by atoms with Crippen molar-refractivity contribution in [2.45, 2.75) is 38.5 Å². The monoisotopic (exact) mass is 523 g/mol. The molecular weight excluding hydrogens is 496 g/mol. The van der Waals surface area contributed by atoms with Gasteiger partial charge in [-0.1, -0.05) is 64.6 Å². The van der Waals surface area contributed by atoms with Crippen molar-refractivity contribution in [3.8, 4) is 11.1 Å². The number of hydrogen-bond acceptors (Lipinski definition) is 4. The Bertz CT molecular complexity index is 1300. The highest BCUT2D eigenvalue weighted by Crippen LogP contribution is 2.26. The molecule has 3 aromatic carbocycles. The summed E-state index contributed by atoms with van der Waals surface area (Å²) in [5.41, 5.74) is 4.92. The molecule has 2 amide bonds. The van der Waals surface area contributed by atoms with Gasteiger partial charge < -0.3 is 14.8 Å². The second-order valence-corrected chi connectivity index (χ2v) is 10.5. The van der Waals surface area contributed by atoms with E-state index in [0.717, 1.165) is 48.2 Å². The van der Waals surface area contributed by atoms with Gasteiger partial charge >= 0.3 is 0 Å². The highest BCUT2D eigenvalue weighted by Gasteiger charge is 2.22. The number of nitrogens with zero attached hydrogens (tertiary/aromatic N) is 1. The van der Waals surface area contributed by atoms with Gasteiger partial charge in [-0.25, -0.2) is 0 Å². The Morgan fingerprint density at radius 2 is 1.67 bits per heavy atom. The van der Waals surface area contributed by atoms with Crippen LogP contribution in [0.3, 0.4) is 0 Å². The summed E-state index contributed by atoms with van der Waals surface area (Å²) in [4.78, 5) is 28.4. The van der Waals surface area contributed by atoms with Crippen LogP contribution in [0, 0.1) is 6.92 Å². The van der Waals surface area contributed by atoms with E-state index in [2.05, 4.69) is 5.32 Å². The van der Waals surface area contributed by atoms with Gasteiger partial charge in [-0.15, -0.1) is 0 Å². The molecule has 36 heavy (non-hydrogen) atoms. The summed E-state index contributed by atoms with van der Waals surface area (Å²) >= 11 is 3.86. The minimum absolute atomic E-state index is 0.0727. The lowest BCUT2D eigenvalue weighted by Gasteiger charge is -2.19. The van der Waals surface area contributed by atoms with Crippen LogP contribution in [0.25, 0.3) is 11.1 Å². The van der Waals surface area contributed by atoms with Crippen LogP contribution in [-0.4, -0.2) is 38.6 Å². The molecule has 4 rings (SSSR count).